The van der Waals surface area contributed by atoms with Crippen LogP contribution in [0.15, 0.2) is 18.2 Å². The maximum absolute atomic E-state index is 13.6. The Morgan fingerprint density at radius 3 is 1.86 bits per heavy atom. The van der Waals surface area contributed by atoms with E-state index < -0.39 is 21.8 Å². The van der Waals surface area contributed by atoms with Crippen LogP contribution in [-0.2, 0) is 10.1 Å². The number of hydrogen-bond acceptors (Lipinski definition) is 3. The molecule has 21 heavy (non-hydrogen) atoms. The molecule has 0 saturated carbocycles. The monoisotopic (exact) mass is 320 g/mol. The van der Waals surface area contributed by atoms with Gasteiger partial charge in [0.15, 0.2) is 0 Å². The topological polar surface area (TPSA) is 43.4 Å². The lowest BCUT2D eigenvalue weighted by Gasteiger charge is -2.22. The Hall–Kier alpha value is -1.17. The Balaban J connectivity index is 3.42. The lowest BCUT2D eigenvalue weighted by atomic mass is 9.94. The summed E-state index contributed by atoms with van der Waals surface area (Å²) in [6.45, 7) is 8.54. The highest BCUT2D eigenvalue weighted by molar-refractivity contribution is 7.88. The number of rotatable bonds is 6. The van der Waals surface area contributed by atoms with Gasteiger partial charge < -0.3 is 4.18 Å². The maximum atomic E-state index is 13.6. The molecule has 0 N–H and O–H groups in total. The van der Waals surface area contributed by atoms with Crippen molar-refractivity contribution in [3.8, 4) is 5.75 Å². The molecule has 0 spiro atoms. The molecule has 0 atom stereocenters. The van der Waals surface area contributed by atoms with E-state index in [1.165, 1.54) is 0 Å². The van der Waals surface area contributed by atoms with E-state index in [2.05, 4.69) is 0 Å². The van der Waals surface area contributed by atoms with Crippen molar-refractivity contribution in [1.82, 2.24) is 0 Å². The first-order valence-corrected chi connectivity index (χ1v) is 8.39. The first kappa shape index (κ1) is 17.9. The van der Waals surface area contributed by atoms with Gasteiger partial charge in [0, 0.05) is 6.42 Å². The molecule has 1 rings (SSSR count). The first-order chi connectivity index (χ1) is 9.53. The molecule has 0 bridgehead atoms. The van der Waals surface area contributed by atoms with Gasteiger partial charge in [0.25, 0.3) is 0 Å². The van der Waals surface area contributed by atoms with Crippen molar-refractivity contribution >= 4 is 10.1 Å². The molecule has 0 saturated heterocycles. The van der Waals surface area contributed by atoms with Crippen molar-refractivity contribution < 1.29 is 21.4 Å². The largest absolute Gasteiger partial charge is 0.380 e. The molecule has 0 aliphatic rings. The van der Waals surface area contributed by atoms with Gasteiger partial charge >= 0.3 is 15.4 Å². The molecule has 0 unspecified atom stereocenters. The molecule has 1 aromatic rings. The first-order valence-electron chi connectivity index (χ1n) is 6.98. The van der Waals surface area contributed by atoms with E-state index in [-0.39, 0.29) is 17.6 Å². The van der Waals surface area contributed by atoms with Crippen LogP contribution in [0.3, 0.4) is 0 Å². The summed E-state index contributed by atoms with van der Waals surface area (Å²) < 4.78 is 55.7. The van der Waals surface area contributed by atoms with Crippen LogP contribution in [0, 0.1) is 0 Å². The van der Waals surface area contributed by atoms with E-state index in [0.29, 0.717) is 11.1 Å². The quantitative estimate of drug-likeness (QED) is 0.717. The Morgan fingerprint density at radius 2 is 1.52 bits per heavy atom. The van der Waals surface area contributed by atoms with E-state index >= 15 is 0 Å². The number of hydrogen-bond donors (Lipinski definition) is 0. The highest BCUT2D eigenvalue weighted by Gasteiger charge is 2.46. The van der Waals surface area contributed by atoms with Gasteiger partial charge in [-0.3, -0.25) is 0 Å². The zero-order valence-electron chi connectivity index (χ0n) is 13.0. The van der Waals surface area contributed by atoms with E-state index in [9.17, 15) is 17.2 Å². The third-order valence-corrected chi connectivity index (χ3v) is 4.70. The summed E-state index contributed by atoms with van der Waals surface area (Å²) in [5.41, 5.74) is 1.22. The summed E-state index contributed by atoms with van der Waals surface area (Å²) in [5, 5.41) is -3.90. The van der Waals surface area contributed by atoms with Gasteiger partial charge in [0.05, 0.1) is 0 Å². The summed E-state index contributed by atoms with van der Waals surface area (Å²) in [5.74, 6) is -0.0380. The van der Waals surface area contributed by atoms with Gasteiger partial charge in [-0.15, -0.1) is 0 Å². The van der Waals surface area contributed by atoms with Gasteiger partial charge in [-0.1, -0.05) is 52.8 Å². The second kappa shape index (κ2) is 6.30. The van der Waals surface area contributed by atoms with Gasteiger partial charge in [0.1, 0.15) is 5.75 Å². The second-order valence-electron chi connectivity index (χ2n) is 5.60. The van der Waals surface area contributed by atoms with E-state index in [1.807, 2.05) is 27.7 Å². The number of benzene rings is 1. The Morgan fingerprint density at radius 1 is 1.10 bits per heavy atom. The molecule has 0 heterocycles. The Labute approximate surface area is 125 Å². The smallest absolute Gasteiger partial charge is 0.378 e. The van der Waals surface area contributed by atoms with Crippen LogP contribution in [0.2, 0.25) is 0 Å². The summed E-state index contributed by atoms with van der Waals surface area (Å²) in [4.78, 5) is 0. The van der Waals surface area contributed by atoms with E-state index in [0.717, 1.165) is 6.92 Å². The highest BCUT2D eigenvalue weighted by Crippen LogP contribution is 2.38. The predicted octanol–water partition coefficient (Wildman–Crippen LogP) is 4.64. The summed E-state index contributed by atoms with van der Waals surface area (Å²) in [6, 6.07) is 5.18. The third kappa shape index (κ3) is 3.73. The van der Waals surface area contributed by atoms with Crippen molar-refractivity contribution in [3.05, 3.63) is 29.3 Å². The highest BCUT2D eigenvalue weighted by atomic mass is 32.2. The van der Waals surface area contributed by atoms with E-state index in [4.69, 9.17) is 4.18 Å². The number of para-hydroxylation sites is 1. The lowest BCUT2D eigenvalue weighted by molar-refractivity contribution is 0.0781. The van der Waals surface area contributed by atoms with E-state index in [1.54, 1.807) is 18.2 Å². The molecule has 0 aliphatic carbocycles. The molecule has 0 amide bonds. The molecule has 0 radical (unpaired) electrons. The van der Waals surface area contributed by atoms with Gasteiger partial charge in [-0.2, -0.15) is 17.2 Å². The molecule has 120 valence electrons. The molecule has 1 aromatic carbocycles. The van der Waals surface area contributed by atoms with Gasteiger partial charge in [-0.05, 0) is 23.0 Å². The second-order valence-corrected chi connectivity index (χ2v) is 7.28. The summed E-state index contributed by atoms with van der Waals surface area (Å²) in [6.07, 6.45) is -0.823. The van der Waals surface area contributed by atoms with Crippen molar-refractivity contribution in [2.75, 3.05) is 0 Å². The molecule has 0 aliphatic heterocycles. The van der Waals surface area contributed by atoms with Crippen LogP contribution in [0.1, 0.15) is 64.0 Å². The van der Waals surface area contributed by atoms with Crippen molar-refractivity contribution in [2.45, 2.75) is 58.1 Å². The van der Waals surface area contributed by atoms with Gasteiger partial charge in [0.2, 0.25) is 0 Å². The van der Waals surface area contributed by atoms with Crippen LogP contribution in [0.25, 0.3) is 0 Å². The summed E-state index contributed by atoms with van der Waals surface area (Å²) in [7, 11) is -5.01. The third-order valence-electron chi connectivity index (χ3n) is 3.29. The van der Waals surface area contributed by atoms with Crippen molar-refractivity contribution in [2.24, 2.45) is 0 Å². The SMILES string of the molecule is CCC(F)(F)S(=O)(=O)Oc1c(C(C)C)cccc1C(C)C. The minimum atomic E-state index is -5.01. The van der Waals surface area contributed by atoms with Crippen molar-refractivity contribution in [3.63, 3.8) is 0 Å². The minimum absolute atomic E-state index is 0.0376. The minimum Gasteiger partial charge on any atom is -0.378 e. The Bertz CT molecular complexity index is 567. The summed E-state index contributed by atoms with van der Waals surface area (Å²) >= 11 is 0. The fourth-order valence-corrected chi connectivity index (χ4v) is 2.81. The van der Waals surface area contributed by atoms with Crippen molar-refractivity contribution in [1.29, 1.82) is 0 Å². The van der Waals surface area contributed by atoms with Crippen LogP contribution < -0.4 is 4.18 Å². The van der Waals surface area contributed by atoms with Crippen LogP contribution >= 0.6 is 0 Å². The number of halogens is 2. The molecule has 3 nitrogen and oxygen atoms in total. The molecule has 0 aromatic heterocycles. The Kier molecular flexibility index (Phi) is 5.36. The normalized spacial score (nSPS) is 13.0. The number of alkyl halides is 2. The zero-order chi connectivity index (χ0) is 16.4. The fraction of sp³-hybridized carbons (Fsp3) is 0.600. The lowest BCUT2D eigenvalue weighted by Crippen LogP contribution is -2.32. The van der Waals surface area contributed by atoms with Gasteiger partial charge in [-0.25, -0.2) is 0 Å². The average molecular weight is 320 g/mol. The predicted molar refractivity (Wildman–Crippen MR) is 79.4 cm³/mol. The van der Waals surface area contributed by atoms with Crippen LogP contribution in [-0.4, -0.2) is 13.7 Å². The zero-order valence-corrected chi connectivity index (χ0v) is 13.8. The molecule has 6 heteroatoms. The molecular formula is C15H22F2O3S. The average Bonchev–Trinajstić information content (AvgIpc) is 2.37. The maximum Gasteiger partial charge on any atom is 0.380 e. The molecular weight excluding hydrogens is 298 g/mol. The standard InChI is InChI=1S/C15H22F2O3S/c1-6-15(16,17)21(18,19)20-14-12(10(2)3)8-7-9-13(14)11(4)5/h7-11H,6H2,1-5H3. The molecule has 0 fully saturated rings. The van der Waals surface area contributed by atoms with Crippen LogP contribution in [0.4, 0.5) is 8.78 Å². The fourth-order valence-electron chi connectivity index (χ4n) is 1.93. The van der Waals surface area contributed by atoms with Crippen LogP contribution in [0.5, 0.6) is 5.75 Å².